The van der Waals surface area contributed by atoms with E-state index in [0.717, 1.165) is 19.3 Å². The van der Waals surface area contributed by atoms with Crippen molar-refractivity contribution in [2.75, 3.05) is 0 Å². The van der Waals surface area contributed by atoms with E-state index in [0.29, 0.717) is 12.0 Å². The van der Waals surface area contributed by atoms with E-state index in [1.54, 1.807) is 6.42 Å². The lowest BCUT2D eigenvalue weighted by atomic mass is 10.0. The van der Waals surface area contributed by atoms with Crippen molar-refractivity contribution in [3.8, 4) is 0 Å². The van der Waals surface area contributed by atoms with Crippen LogP contribution in [0.15, 0.2) is 0 Å². The third-order valence-corrected chi connectivity index (χ3v) is 1.98. The SMILES string of the molecule is CC[CH]C(=O)NC(CC)CC(C)C. The summed E-state index contributed by atoms with van der Waals surface area (Å²) in [7, 11) is 0. The molecule has 0 spiro atoms. The fourth-order valence-electron chi connectivity index (χ4n) is 1.34. The van der Waals surface area contributed by atoms with E-state index >= 15 is 0 Å². The Balaban J connectivity index is 3.76. The third kappa shape index (κ3) is 6.62. The van der Waals surface area contributed by atoms with Gasteiger partial charge in [0.15, 0.2) is 0 Å². The van der Waals surface area contributed by atoms with Crippen molar-refractivity contribution in [1.82, 2.24) is 5.32 Å². The van der Waals surface area contributed by atoms with Crippen molar-refractivity contribution < 1.29 is 4.79 Å². The molecule has 0 aromatic heterocycles. The molecular formula is C11H22NO. The number of carbonyl (C=O) groups excluding carboxylic acids is 1. The predicted molar refractivity (Wildman–Crippen MR) is 56.3 cm³/mol. The highest BCUT2D eigenvalue weighted by Crippen LogP contribution is 2.07. The molecule has 1 atom stereocenters. The third-order valence-electron chi connectivity index (χ3n) is 1.98. The van der Waals surface area contributed by atoms with Gasteiger partial charge in [-0.25, -0.2) is 0 Å². The van der Waals surface area contributed by atoms with E-state index in [-0.39, 0.29) is 5.91 Å². The van der Waals surface area contributed by atoms with Crippen LogP contribution >= 0.6 is 0 Å². The van der Waals surface area contributed by atoms with Gasteiger partial charge in [0.05, 0.1) is 0 Å². The van der Waals surface area contributed by atoms with Gasteiger partial charge in [-0.1, -0.05) is 27.7 Å². The number of carbonyl (C=O) groups is 1. The van der Waals surface area contributed by atoms with Gasteiger partial charge in [-0.2, -0.15) is 0 Å². The van der Waals surface area contributed by atoms with Gasteiger partial charge in [-0.15, -0.1) is 0 Å². The summed E-state index contributed by atoms with van der Waals surface area (Å²) in [4.78, 5) is 11.2. The molecular weight excluding hydrogens is 162 g/mol. The summed E-state index contributed by atoms with van der Waals surface area (Å²) in [6, 6.07) is 0.343. The summed E-state index contributed by atoms with van der Waals surface area (Å²) in [6.07, 6.45) is 4.59. The zero-order valence-electron chi connectivity index (χ0n) is 9.26. The van der Waals surface area contributed by atoms with Crippen LogP contribution in [0.25, 0.3) is 0 Å². The summed E-state index contributed by atoms with van der Waals surface area (Å²) in [5.41, 5.74) is 0. The van der Waals surface area contributed by atoms with Gasteiger partial charge in [0.2, 0.25) is 5.91 Å². The molecule has 0 saturated carbocycles. The molecule has 0 aliphatic carbocycles. The van der Waals surface area contributed by atoms with Crippen LogP contribution in [0.4, 0.5) is 0 Å². The minimum Gasteiger partial charge on any atom is -0.353 e. The number of nitrogens with one attached hydrogen (secondary N) is 1. The normalized spacial score (nSPS) is 13.0. The molecule has 1 amide bonds. The fourth-order valence-corrected chi connectivity index (χ4v) is 1.34. The molecule has 0 aromatic carbocycles. The molecule has 1 unspecified atom stereocenters. The lowest BCUT2D eigenvalue weighted by molar-refractivity contribution is -0.118. The average molecular weight is 184 g/mol. The second-order valence-electron chi connectivity index (χ2n) is 3.86. The highest BCUT2D eigenvalue weighted by atomic mass is 16.1. The summed E-state index contributed by atoms with van der Waals surface area (Å²) in [5.74, 6) is 0.724. The van der Waals surface area contributed by atoms with Crippen LogP contribution in [-0.2, 0) is 4.79 Å². The van der Waals surface area contributed by atoms with Crippen LogP contribution in [0.3, 0.4) is 0 Å². The Morgan fingerprint density at radius 3 is 2.38 bits per heavy atom. The Morgan fingerprint density at radius 1 is 1.38 bits per heavy atom. The monoisotopic (exact) mass is 184 g/mol. The van der Waals surface area contributed by atoms with Crippen molar-refractivity contribution >= 4 is 5.91 Å². The van der Waals surface area contributed by atoms with Crippen molar-refractivity contribution in [2.24, 2.45) is 5.92 Å². The second kappa shape index (κ2) is 6.93. The molecule has 0 aliphatic rings. The number of rotatable bonds is 6. The first-order chi connectivity index (χ1) is 6.10. The molecule has 2 heteroatoms. The van der Waals surface area contributed by atoms with Crippen LogP contribution < -0.4 is 5.32 Å². The number of hydrogen-bond donors (Lipinski definition) is 1. The molecule has 1 radical (unpaired) electrons. The summed E-state index contributed by atoms with van der Waals surface area (Å²) in [5, 5.41) is 3.00. The van der Waals surface area contributed by atoms with Gasteiger partial charge in [0, 0.05) is 12.5 Å². The minimum absolute atomic E-state index is 0.0787. The van der Waals surface area contributed by atoms with E-state index in [9.17, 15) is 4.79 Å². The van der Waals surface area contributed by atoms with E-state index in [4.69, 9.17) is 0 Å². The quantitative estimate of drug-likeness (QED) is 0.675. The fraction of sp³-hybridized carbons (Fsp3) is 0.818. The van der Waals surface area contributed by atoms with Crippen LogP contribution in [0.2, 0.25) is 0 Å². The van der Waals surface area contributed by atoms with Crippen molar-refractivity contribution in [1.29, 1.82) is 0 Å². The first kappa shape index (κ1) is 12.5. The van der Waals surface area contributed by atoms with Gasteiger partial charge in [-0.3, -0.25) is 4.79 Å². The highest BCUT2D eigenvalue weighted by Gasteiger charge is 2.10. The van der Waals surface area contributed by atoms with Gasteiger partial charge in [0.25, 0.3) is 0 Å². The minimum atomic E-state index is 0.0787. The number of amides is 1. The molecule has 0 aliphatic heterocycles. The van der Waals surface area contributed by atoms with Crippen LogP contribution in [0.1, 0.15) is 47.0 Å². The van der Waals surface area contributed by atoms with Gasteiger partial charge < -0.3 is 5.32 Å². The lowest BCUT2D eigenvalue weighted by Crippen LogP contribution is -2.35. The zero-order valence-corrected chi connectivity index (χ0v) is 9.26. The van der Waals surface area contributed by atoms with Gasteiger partial charge in [-0.05, 0) is 25.2 Å². The van der Waals surface area contributed by atoms with E-state index in [2.05, 4.69) is 26.1 Å². The van der Waals surface area contributed by atoms with Gasteiger partial charge in [0.1, 0.15) is 0 Å². The van der Waals surface area contributed by atoms with Crippen molar-refractivity contribution in [3.63, 3.8) is 0 Å². The van der Waals surface area contributed by atoms with E-state index in [1.807, 2.05) is 6.92 Å². The van der Waals surface area contributed by atoms with Crippen LogP contribution in [-0.4, -0.2) is 11.9 Å². The standard InChI is InChI=1S/C11H22NO/c1-5-7-11(13)12-10(6-2)8-9(3)4/h7,9-10H,5-6,8H2,1-4H3,(H,12,13). The maximum atomic E-state index is 11.2. The molecule has 0 rings (SSSR count). The smallest absolute Gasteiger partial charge is 0.224 e. The van der Waals surface area contributed by atoms with Gasteiger partial charge >= 0.3 is 0 Å². The first-order valence-corrected chi connectivity index (χ1v) is 5.23. The molecule has 13 heavy (non-hydrogen) atoms. The maximum Gasteiger partial charge on any atom is 0.224 e. The molecule has 0 aromatic rings. The van der Waals surface area contributed by atoms with E-state index in [1.165, 1.54) is 0 Å². The second-order valence-corrected chi connectivity index (χ2v) is 3.86. The first-order valence-electron chi connectivity index (χ1n) is 5.23. The summed E-state index contributed by atoms with van der Waals surface area (Å²) >= 11 is 0. The van der Waals surface area contributed by atoms with Crippen LogP contribution in [0.5, 0.6) is 0 Å². The van der Waals surface area contributed by atoms with E-state index < -0.39 is 0 Å². The zero-order chi connectivity index (χ0) is 10.3. The predicted octanol–water partition coefficient (Wildman–Crippen LogP) is 2.54. The molecule has 2 nitrogen and oxygen atoms in total. The molecule has 0 saturated heterocycles. The molecule has 77 valence electrons. The van der Waals surface area contributed by atoms with Crippen LogP contribution in [0, 0.1) is 12.3 Å². The molecule has 0 bridgehead atoms. The molecule has 0 fully saturated rings. The summed E-state index contributed by atoms with van der Waals surface area (Å²) in [6.45, 7) is 8.44. The Bertz CT molecular complexity index is 143. The molecule has 0 heterocycles. The van der Waals surface area contributed by atoms with Crippen molar-refractivity contribution in [2.45, 2.75) is 53.0 Å². The largest absolute Gasteiger partial charge is 0.353 e. The average Bonchev–Trinajstić information content (AvgIpc) is 2.02. The Kier molecular flexibility index (Phi) is 6.65. The number of hydrogen-bond acceptors (Lipinski definition) is 1. The lowest BCUT2D eigenvalue weighted by Gasteiger charge is -2.18. The van der Waals surface area contributed by atoms with Crippen molar-refractivity contribution in [3.05, 3.63) is 6.42 Å². The summed E-state index contributed by atoms with van der Waals surface area (Å²) < 4.78 is 0. The topological polar surface area (TPSA) is 29.1 Å². The highest BCUT2D eigenvalue weighted by molar-refractivity contribution is 5.84. The Morgan fingerprint density at radius 2 is 2.00 bits per heavy atom. The maximum absolute atomic E-state index is 11.2. The Labute approximate surface area is 82.1 Å². The molecule has 1 N–H and O–H groups in total. The Hall–Kier alpha value is -0.530.